The molecule has 0 spiro atoms. The molecule has 1 heterocycles. The monoisotopic (exact) mass is 325 g/mol. The van der Waals surface area contributed by atoms with Crippen LogP contribution in [-0.2, 0) is 29.4 Å². The number of sulfonamides is 1. The van der Waals surface area contributed by atoms with E-state index in [0.29, 0.717) is 10.8 Å². The normalized spacial score (nSPS) is 14.9. The van der Waals surface area contributed by atoms with Gasteiger partial charge < -0.3 is 4.98 Å². The molecule has 5 nitrogen and oxygen atoms in total. The Hall–Kier alpha value is -1.37. The molecule has 1 aliphatic carbocycles. The van der Waals surface area contributed by atoms with E-state index in [4.69, 9.17) is 11.6 Å². The van der Waals surface area contributed by atoms with Crippen molar-refractivity contribution in [1.29, 1.82) is 0 Å². The Kier molecular flexibility index (Phi) is 4.01. The molecular formula is C14H16ClN3O2S. The zero-order valence-corrected chi connectivity index (χ0v) is 13.0. The van der Waals surface area contributed by atoms with Crippen molar-refractivity contribution in [3.63, 3.8) is 0 Å². The van der Waals surface area contributed by atoms with Crippen molar-refractivity contribution in [2.24, 2.45) is 0 Å². The third-order valence-electron chi connectivity index (χ3n) is 3.54. The number of fused-ring (bicyclic) bond motifs is 1. The molecule has 2 N–H and O–H groups in total. The van der Waals surface area contributed by atoms with Crippen LogP contribution in [0.15, 0.2) is 29.2 Å². The Morgan fingerprint density at radius 3 is 2.86 bits per heavy atom. The van der Waals surface area contributed by atoms with Gasteiger partial charge in [0.25, 0.3) is 0 Å². The topological polar surface area (TPSA) is 74.8 Å². The predicted molar refractivity (Wildman–Crippen MR) is 80.7 cm³/mol. The number of aryl methyl sites for hydroxylation is 2. The lowest BCUT2D eigenvalue weighted by Crippen LogP contribution is -2.23. The van der Waals surface area contributed by atoms with Gasteiger partial charge in [-0.15, -0.1) is 0 Å². The summed E-state index contributed by atoms with van der Waals surface area (Å²) in [6, 6.07) is 6.20. The lowest BCUT2D eigenvalue weighted by Gasteiger charge is -2.07. The average Bonchev–Trinajstić information content (AvgIpc) is 2.88. The van der Waals surface area contributed by atoms with Crippen molar-refractivity contribution < 1.29 is 8.42 Å². The molecule has 3 rings (SSSR count). The van der Waals surface area contributed by atoms with Gasteiger partial charge in [0.15, 0.2) is 0 Å². The van der Waals surface area contributed by atoms with Crippen LogP contribution in [0.25, 0.3) is 0 Å². The van der Waals surface area contributed by atoms with E-state index in [1.54, 1.807) is 12.1 Å². The zero-order valence-electron chi connectivity index (χ0n) is 11.4. The van der Waals surface area contributed by atoms with E-state index in [2.05, 4.69) is 14.7 Å². The van der Waals surface area contributed by atoms with Gasteiger partial charge in [0, 0.05) is 10.7 Å². The van der Waals surface area contributed by atoms with Crippen LogP contribution in [0.2, 0.25) is 5.02 Å². The van der Waals surface area contributed by atoms with Gasteiger partial charge in [-0.05, 0) is 43.9 Å². The van der Waals surface area contributed by atoms with Crippen molar-refractivity contribution in [2.45, 2.75) is 37.1 Å². The summed E-state index contributed by atoms with van der Waals surface area (Å²) in [6.07, 6.45) is 4.25. The van der Waals surface area contributed by atoms with E-state index in [1.807, 2.05) is 0 Å². The quantitative estimate of drug-likeness (QED) is 0.906. The van der Waals surface area contributed by atoms with Gasteiger partial charge in [0.1, 0.15) is 5.82 Å². The second kappa shape index (κ2) is 5.79. The number of H-pyrrole nitrogens is 1. The van der Waals surface area contributed by atoms with Gasteiger partial charge in [0.2, 0.25) is 10.0 Å². The van der Waals surface area contributed by atoms with E-state index in [0.717, 1.165) is 37.1 Å². The van der Waals surface area contributed by atoms with Crippen LogP contribution in [0.5, 0.6) is 0 Å². The van der Waals surface area contributed by atoms with Crippen LogP contribution in [0.4, 0.5) is 0 Å². The Balaban J connectivity index is 1.73. The lowest BCUT2D eigenvalue weighted by molar-refractivity contribution is 0.579. The first-order chi connectivity index (χ1) is 10.0. The summed E-state index contributed by atoms with van der Waals surface area (Å²) < 4.78 is 26.9. The number of aromatic amines is 1. The molecule has 0 fully saturated rings. The van der Waals surface area contributed by atoms with Crippen LogP contribution in [0.1, 0.15) is 30.1 Å². The molecule has 1 aromatic heterocycles. The van der Waals surface area contributed by atoms with Gasteiger partial charge in [-0.3, -0.25) is 0 Å². The molecule has 1 aromatic carbocycles. The van der Waals surface area contributed by atoms with E-state index in [9.17, 15) is 8.42 Å². The number of benzene rings is 1. The molecule has 0 saturated carbocycles. The first-order valence-corrected chi connectivity index (χ1v) is 8.72. The number of nitrogens with zero attached hydrogens (tertiary/aromatic N) is 1. The Morgan fingerprint density at radius 2 is 2.10 bits per heavy atom. The summed E-state index contributed by atoms with van der Waals surface area (Å²) in [5, 5.41) is 0.395. The fourth-order valence-corrected chi connectivity index (χ4v) is 3.77. The van der Waals surface area contributed by atoms with Crippen LogP contribution < -0.4 is 4.72 Å². The highest BCUT2D eigenvalue weighted by Crippen LogP contribution is 2.19. The summed E-state index contributed by atoms with van der Waals surface area (Å²) in [5.74, 6) is 0.660. The molecule has 21 heavy (non-hydrogen) atoms. The van der Waals surface area contributed by atoms with Crippen molar-refractivity contribution in [2.75, 3.05) is 0 Å². The van der Waals surface area contributed by atoms with E-state index >= 15 is 0 Å². The van der Waals surface area contributed by atoms with Gasteiger partial charge in [-0.1, -0.05) is 17.7 Å². The molecule has 0 atom stereocenters. The smallest absolute Gasteiger partial charge is 0.241 e. The standard InChI is InChI=1S/C14H16ClN3O2S/c15-10-4-3-5-11(8-10)21(19,20)16-9-14-17-12-6-1-2-7-13(12)18-14/h3-5,8,16H,1-2,6-7,9H2,(H,17,18). The molecule has 0 amide bonds. The van der Waals surface area contributed by atoms with Crippen LogP contribution in [-0.4, -0.2) is 18.4 Å². The minimum Gasteiger partial charge on any atom is -0.345 e. The first-order valence-electron chi connectivity index (χ1n) is 6.86. The summed E-state index contributed by atoms with van der Waals surface area (Å²) in [7, 11) is -3.58. The maximum atomic E-state index is 12.2. The maximum absolute atomic E-state index is 12.2. The van der Waals surface area contributed by atoms with Gasteiger partial charge in [-0.25, -0.2) is 18.1 Å². The molecule has 0 bridgehead atoms. The highest BCUT2D eigenvalue weighted by Gasteiger charge is 2.17. The number of aromatic nitrogens is 2. The summed E-state index contributed by atoms with van der Waals surface area (Å²) in [6.45, 7) is 0.155. The molecule has 0 radical (unpaired) electrons. The summed E-state index contributed by atoms with van der Waals surface area (Å²) in [4.78, 5) is 7.82. The molecule has 0 aliphatic heterocycles. The van der Waals surface area contributed by atoms with Gasteiger partial charge in [0.05, 0.1) is 17.1 Å². The fourth-order valence-electron chi connectivity index (χ4n) is 2.48. The molecule has 0 saturated heterocycles. The Morgan fingerprint density at radius 1 is 1.29 bits per heavy atom. The van der Waals surface area contributed by atoms with Crippen molar-refractivity contribution in [1.82, 2.24) is 14.7 Å². The van der Waals surface area contributed by atoms with Crippen molar-refractivity contribution in [3.05, 3.63) is 46.5 Å². The first kappa shape index (κ1) is 14.6. The molecule has 0 unspecified atom stereocenters. The Bertz CT molecular complexity index is 732. The zero-order chi connectivity index (χ0) is 14.9. The molecule has 112 valence electrons. The van der Waals surface area contributed by atoms with Crippen molar-refractivity contribution in [3.8, 4) is 0 Å². The highest BCUT2D eigenvalue weighted by molar-refractivity contribution is 7.89. The lowest BCUT2D eigenvalue weighted by atomic mass is 10.0. The highest BCUT2D eigenvalue weighted by atomic mass is 35.5. The number of imidazole rings is 1. The van der Waals surface area contributed by atoms with Crippen LogP contribution >= 0.6 is 11.6 Å². The average molecular weight is 326 g/mol. The largest absolute Gasteiger partial charge is 0.345 e. The number of hydrogen-bond acceptors (Lipinski definition) is 3. The molecule has 7 heteroatoms. The van der Waals surface area contributed by atoms with Gasteiger partial charge in [-0.2, -0.15) is 0 Å². The van der Waals surface area contributed by atoms with Crippen LogP contribution in [0, 0.1) is 0 Å². The van der Waals surface area contributed by atoms with Gasteiger partial charge >= 0.3 is 0 Å². The fraction of sp³-hybridized carbons (Fsp3) is 0.357. The second-order valence-electron chi connectivity index (χ2n) is 5.10. The molecule has 2 aromatic rings. The van der Waals surface area contributed by atoms with E-state index < -0.39 is 10.0 Å². The molecule has 1 aliphatic rings. The third-order valence-corrected chi connectivity index (χ3v) is 5.17. The number of hydrogen-bond donors (Lipinski definition) is 2. The van der Waals surface area contributed by atoms with E-state index in [1.165, 1.54) is 12.1 Å². The predicted octanol–water partition coefficient (Wildman–Crippen LogP) is 2.42. The molecular weight excluding hydrogens is 310 g/mol. The van der Waals surface area contributed by atoms with Crippen LogP contribution in [0.3, 0.4) is 0 Å². The number of halogens is 1. The van der Waals surface area contributed by atoms with E-state index in [-0.39, 0.29) is 11.4 Å². The van der Waals surface area contributed by atoms with Crippen molar-refractivity contribution >= 4 is 21.6 Å². The summed E-state index contributed by atoms with van der Waals surface area (Å²) >= 11 is 5.83. The second-order valence-corrected chi connectivity index (χ2v) is 7.30. The summed E-state index contributed by atoms with van der Waals surface area (Å²) in [5.41, 5.74) is 2.21. The maximum Gasteiger partial charge on any atom is 0.241 e. The minimum atomic E-state index is -3.58. The number of nitrogens with one attached hydrogen (secondary N) is 2. The minimum absolute atomic E-state index is 0.155. The number of rotatable bonds is 4. The third kappa shape index (κ3) is 3.28. The Labute approximate surface area is 128 Å². The SMILES string of the molecule is O=S(=O)(NCc1nc2c([nH]1)CCCC2)c1cccc(Cl)c1.